The lowest BCUT2D eigenvalue weighted by molar-refractivity contribution is 0.628. The fourth-order valence-electron chi connectivity index (χ4n) is 2.28. The summed E-state index contributed by atoms with van der Waals surface area (Å²) in [5.41, 5.74) is 1.96. The Morgan fingerprint density at radius 2 is 1.95 bits per heavy atom. The number of anilines is 1. The molecule has 0 unspecified atom stereocenters. The summed E-state index contributed by atoms with van der Waals surface area (Å²) >= 11 is 7.52. The van der Waals surface area contributed by atoms with Crippen molar-refractivity contribution in [3.63, 3.8) is 0 Å². The minimum atomic E-state index is -0.242. The summed E-state index contributed by atoms with van der Waals surface area (Å²) in [4.78, 5) is 9.46. The maximum Gasteiger partial charge on any atom is 0.225 e. The van der Waals surface area contributed by atoms with Gasteiger partial charge in [0.1, 0.15) is 16.5 Å². The van der Waals surface area contributed by atoms with Gasteiger partial charge in [-0.05, 0) is 42.1 Å². The lowest BCUT2D eigenvalue weighted by Gasteiger charge is -2.08. The van der Waals surface area contributed by atoms with Gasteiger partial charge < -0.3 is 5.32 Å². The molecule has 1 saturated carbocycles. The first-order chi connectivity index (χ1) is 10.2. The lowest BCUT2D eigenvalue weighted by atomic mass is 10.1. The van der Waals surface area contributed by atoms with Crippen LogP contribution in [0, 0.1) is 5.82 Å². The van der Waals surface area contributed by atoms with Crippen LogP contribution in [0.25, 0.3) is 21.3 Å². The number of rotatable bonds is 3. The second-order valence-electron chi connectivity index (χ2n) is 5.10. The van der Waals surface area contributed by atoms with E-state index < -0.39 is 0 Å². The van der Waals surface area contributed by atoms with Crippen molar-refractivity contribution in [1.82, 2.24) is 9.97 Å². The quantitative estimate of drug-likeness (QED) is 0.709. The fraction of sp³-hybridized carbons (Fsp3) is 0.200. The third kappa shape index (κ3) is 2.47. The molecule has 0 spiro atoms. The maximum absolute atomic E-state index is 13.1. The number of nitrogens with zero attached hydrogens (tertiary/aromatic N) is 2. The molecule has 2 heterocycles. The third-order valence-electron chi connectivity index (χ3n) is 3.48. The van der Waals surface area contributed by atoms with Gasteiger partial charge in [-0.3, -0.25) is 0 Å². The molecule has 21 heavy (non-hydrogen) atoms. The van der Waals surface area contributed by atoms with Crippen LogP contribution < -0.4 is 5.32 Å². The molecule has 0 atom stereocenters. The monoisotopic (exact) mass is 319 g/mol. The molecule has 1 aromatic carbocycles. The van der Waals surface area contributed by atoms with E-state index in [1.165, 1.54) is 23.5 Å². The molecular weight excluding hydrogens is 309 g/mol. The number of benzene rings is 1. The lowest BCUT2D eigenvalue weighted by Crippen LogP contribution is -2.04. The van der Waals surface area contributed by atoms with E-state index >= 15 is 0 Å². The minimum absolute atomic E-state index is 0.242. The van der Waals surface area contributed by atoms with E-state index in [1.54, 1.807) is 12.1 Å². The Morgan fingerprint density at radius 3 is 2.67 bits per heavy atom. The average molecular weight is 320 g/mol. The van der Waals surface area contributed by atoms with Crippen molar-refractivity contribution >= 4 is 39.0 Å². The molecule has 6 heteroatoms. The number of hydrogen-bond acceptors (Lipinski definition) is 4. The van der Waals surface area contributed by atoms with Crippen molar-refractivity contribution in [3.05, 3.63) is 40.7 Å². The van der Waals surface area contributed by atoms with Crippen LogP contribution in [0.15, 0.2) is 29.6 Å². The van der Waals surface area contributed by atoms with Crippen molar-refractivity contribution in [3.8, 4) is 11.1 Å². The molecule has 1 aliphatic carbocycles. The molecule has 1 aliphatic rings. The largest absolute Gasteiger partial charge is 0.367 e. The first-order valence-corrected chi connectivity index (χ1v) is 7.94. The Balaban J connectivity index is 1.90. The molecule has 4 rings (SSSR count). The number of hydrogen-bond donors (Lipinski definition) is 1. The summed E-state index contributed by atoms with van der Waals surface area (Å²) in [6.45, 7) is 0. The normalized spacial score (nSPS) is 14.6. The smallest absolute Gasteiger partial charge is 0.225 e. The predicted molar refractivity (Wildman–Crippen MR) is 84.5 cm³/mol. The molecule has 3 aromatic rings. The summed E-state index contributed by atoms with van der Waals surface area (Å²) in [5, 5.41) is 6.63. The molecule has 0 bridgehead atoms. The summed E-state index contributed by atoms with van der Waals surface area (Å²) in [7, 11) is 0. The Kier molecular flexibility index (Phi) is 3.05. The van der Waals surface area contributed by atoms with E-state index in [1.807, 2.05) is 5.38 Å². The highest BCUT2D eigenvalue weighted by Gasteiger charge is 2.24. The molecule has 0 aliphatic heterocycles. The number of fused-ring (bicyclic) bond motifs is 1. The molecule has 106 valence electrons. The van der Waals surface area contributed by atoms with Crippen LogP contribution >= 0.6 is 22.9 Å². The number of thiophene rings is 1. The molecule has 2 aromatic heterocycles. The Hall–Kier alpha value is -1.72. The Labute approximate surface area is 129 Å². The SMILES string of the molecule is Fc1ccc(-c2csc3nc(Cl)nc(NC4CC4)c23)cc1. The number of aromatic nitrogens is 2. The van der Waals surface area contributed by atoms with Crippen LogP contribution in [0.4, 0.5) is 10.2 Å². The molecular formula is C15H11ClFN3S. The van der Waals surface area contributed by atoms with Gasteiger partial charge in [0, 0.05) is 17.0 Å². The van der Waals surface area contributed by atoms with Gasteiger partial charge in [0.2, 0.25) is 5.28 Å². The van der Waals surface area contributed by atoms with Crippen molar-refractivity contribution in [2.24, 2.45) is 0 Å². The van der Waals surface area contributed by atoms with Crippen molar-refractivity contribution in [1.29, 1.82) is 0 Å². The molecule has 1 fully saturated rings. The van der Waals surface area contributed by atoms with Gasteiger partial charge in [-0.15, -0.1) is 11.3 Å². The van der Waals surface area contributed by atoms with Crippen LogP contribution in [0.2, 0.25) is 5.28 Å². The van der Waals surface area contributed by atoms with E-state index in [0.717, 1.165) is 40.0 Å². The molecule has 0 saturated heterocycles. The zero-order chi connectivity index (χ0) is 14.4. The summed E-state index contributed by atoms with van der Waals surface area (Å²) in [6, 6.07) is 6.94. The molecule has 0 radical (unpaired) electrons. The van der Waals surface area contributed by atoms with Crippen LogP contribution in [-0.2, 0) is 0 Å². The van der Waals surface area contributed by atoms with E-state index in [2.05, 4.69) is 15.3 Å². The maximum atomic E-state index is 13.1. The van der Waals surface area contributed by atoms with E-state index in [0.29, 0.717) is 6.04 Å². The number of halogens is 2. The highest BCUT2D eigenvalue weighted by Crippen LogP contribution is 2.39. The Bertz CT molecular complexity index is 812. The van der Waals surface area contributed by atoms with Gasteiger partial charge in [-0.2, -0.15) is 0 Å². The molecule has 0 amide bonds. The van der Waals surface area contributed by atoms with Gasteiger partial charge >= 0.3 is 0 Å². The third-order valence-corrected chi connectivity index (χ3v) is 4.52. The average Bonchev–Trinajstić information content (AvgIpc) is 3.17. The fourth-order valence-corrected chi connectivity index (χ4v) is 3.45. The highest BCUT2D eigenvalue weighted by molar-refractivity contribution is 7.17. The highest BCUT2D eigenvalue weighted by atomic mass is 35.5. The zero-order valence-electron chi connectivity index (χ0n) is 10.9. The van der Waals surface area contributed by atoms with Gasteiger partial charge in [0.15, 0.2) is 0 Å². The van der Waals surface area contributed by atoms with Crippen LogP contribution in [0.3, 0.4) is 0 Å². The van der Waals surface area contributed by atoms with Crippen LogP contribution in [0.1, 0.15) is 12.8 Å². The summed E-state index contributed by atoms with van der Waals surface area (Å²) in [5.74, 6) is 0.530. The van der Waals surface area contributed by atoms with Crippen molar-refractivity contribution in [2.45, 2.75) is 18.9 Å². The first kappa shape index (κ1) is 13.0. The summed E-state index contributed by atoms with van der Waals surface area (Å²) in [6.07, 6.45) is 2.30. The molecule has 1 N–H and O–H groups in total. The van der Waals surface area contributed by atoms with Crippen LogP contribution in [0.5, 0.6) is 0 Å². The van der Waals surface area contributed by atoms with Crippen molar-refractivity contribution < 1.29 is 4.39 Å². The molecule has 3 nitrogen and oxygen atoms in total. The summed E-state index contributed by atoms with van der Waals surface area (Å²) < 4.78 is 13.1. The van der Waals surface area contributed by atoms with Gasteiger partial charge in [-0.1, -0.05) is 12.1 Å². The van der Waals surface area contributed by atoms with Gasteiger partial charge in [0.25, 0.3) is 0 Å². The zero-order valence-corrected chi connectivity index (χ0v) is 12.5. The standard InChI is InChI=1S/C15H11ClFN3S/c16-15-19-13(18-10-5-6-10)12-11(7-21-14(12)20-15)8-1-3-9(17)4-2-8/h1-4,7,10H,5-6H2,(H,18,19,20). The second-order valence-corrected chi connectivity index (χ2v) is 6.29. The topological polar surface area (TPSA) is 37.8 Å². The van der Waals surface area contributed by atoms with Crippen molar-refractivity contribution in [2.75, 3.05) is 5.32 Å². The van der Waals surface area contributed by atoms with Gasteiger partial charge in [-0.25, -0.2) is 14.4 Å². The minimum Gasteiger partial charge on any atom is -0.367 e. The van der Waals surface area contributed by atoms with Crippen LogP contribution in [-0.4, -0.2) is 16.0 Å². The second kappa shape index (κ2) is 4.93. The first-order valence-electron chi connectivity index (χ1n) is 6.68. The van der Waals surface area contributed by atoms with Gasteiger partial charge in [0.05, 0.1) is 5.39 Å². The predicted octanol–water partition coefficient (Wildman–Crippen LogP) is 4.73. The number of nitrogens with one attached hydrogen (secondary N) is 1. The van der Waals surface area contributed by atoms with E-state index in [4.69, 9.17) is 11.6 Å². The Morgan fingerprint density at radius 1 is 1.19 bits per heavy atom. The van der Waals surface area contributed by atoms with E-state index in [-0.39, 0.29) is 11.1 Å². The van der Waals surface area contributed by atoms with E-state index in [9.17, 15) is 4.39 Å².